The highest BCUT2D eigenvalue weighted by Gasteiger charge is 2.42. The number of nitrogens with zero attached hydrogens (tertiary/aromatic N) is 1. The molecular weight excluding hydrogens is 383 g/mol. The minimum Gasteiger partial charge on any atom is -0.478 e. The molecule has 9 heteroatoms. The van der Waals surface area contributed by atoms with Crippen LogP contribution in [0.3, 0.4) is 0 Å². The van der Waals surface area contributed by atoms with Gasteiger partial charge in [-0.3, -0.25) is 9.59 Å². The van der Waals surface area contributed by atoms with Crippen LogP contribution >= 0.6 is 11.8 Å². The molecule has 0 aromatic heterocycles. The van der Waals surface area contributed by atoms with E-state index in [1.807, 2.05) is 0 Å². The Morgan fingerprint density at radius 1 is 1.04 bits per heavy atom. The molecule has 0 spiro atoms. The maximum atomic E-state index is 13.2. The number of carboxylic acid groups (broad SMARTS) is 1. The smallest absolute Gasteiger partial charge is 0.418 e. The number of benzene rings is 2. The normalized spacial score (nSPS) is 16.3. The van der Waals surface area contributed by atoms with E-state index in [4.69, 9.17) is 5.11 Å². The van der Waals surface area contributed by atoms with Crippen LogP contribution in [0.5, 0.6) is 0 Å². The second-order valence-corrected chi connectivity index (χ2v) is 6.45. The number of halogens is 3. The van der Waals surface area contributed by atoms with Crippen LogP contribution in [0.25, 0.3) is 6.08 Å². The second-order valence-electron chi connectivity index (χ2n) is 5.46. The van der Waals surface area contributed by atoms with Gasteiger partial charge in [-0.1, -0.05) is 24.3 Å². The van der Waals surface area contributed by atoms with Crippen LogP contribution in [0, 0.1) is 0 Å². The van der Waals surface area contributed by atoms with Crippen LogP contribution < -0.4 is 4.90 Å². The average Bonchev–Trinajstić information content (AvgIpc) is 2.88. The van der Waals surface area contributed by atoms with E-state index in [2.05, 4.69) is 0 Å². The minimum absolute atomic E-state index is 0.0411. The number of carbonyl (C=O) groups excluding carboxylic acids is 2. The summed E-state index contributed by atoms with van der Waals surface area (Å²) in [6, 6.07) is 9.83. The van der Waals surface area contributed by atoms with Gasteiger partial charge in [0, 0.05) is 0 Å². The van der Waals surface area contributed by atoms with E-state index in [0.717, 1.165) is 12.1 Å². The van der Waals surface area contributed by atoms with E-state index in [0.29, 0.717) is 22.2 Å². The Morgan fingerprint density at radius 2 is 1.67 bits per heavy atom. The zero-order valence-electron chi connectivity index (χ0n) is 13.4. The van der Waals surface area contributed by atoms with E-state index in [9.17, 15) is 27.6 Å². The number of rotatable bonds is 3. The van der Waals surface area contributed by atoms with Crippen LogP contribution in [0.15, 0.2) is 53.4 Å². The third kappa shape index (κ3) is 3.72. The quantitative estimate of drug-likeness (QED) is 0.769. The van der Waals surface area contributed by atoms with Crippen LogP contribution in [0.4, 0.5) is 23.7 Å². The summed E-state index contributed by atoms with van der Waals surface area (Å²) < 4.78 is 39.6. The van der Waals surface area contributed by atoms with Gasteiger partial charge in [0.1, 0.15) is 0 Å². The van der Waals surface area contributed by atoms with Crippen molar-refractivity contribution in [3.63, 3.8) is 0 Å². The van der Waals surface area contributed by atoms with E-state index in [-0.39, 0.29) is 10.5 Å². The molecule has 0 radical (unpaired) electrons. The molecule has 5 nitrogen and oxygen atoms in total. The number of alkyl halides is 3. The second kappa shape index (κ2) is 6.92. The maximum Gasteiger partial charge on any atom is 0.418 e. The Balaban J connectivity index is 1.96. The average molecular weight is 393 g/mol. The highest BCUT2D eigenvalue weighted by Crippen LogP contribution is 2.42. The minimum atomic E-state index is -4.72. The lowest BCUT2D eigenvalue weighted by Gasteiger charge is -2.18. The Labute approximate surface area is 155 Å². The van der Waals surface area contributed by atoms with Gasteiger partial charge in [-0.15, -0.1) is 0 Å². The van der Waals surface area contributed by atoms with Gasteiger partial charge in [-0.05, 0) is 47.7 Å². The first-order chi connectivity index (χ1) is 12.7. The first kappa shape index (κ1) is 18.7. The summed E-state index contributed by atoms with van der Waals surface area (Å²) in [4.78, 5) is 36.0. The predicted molar refractivity (Wildman–Crippen MR) is 93.3 cm³/mol. The van der Waals surface area contributed by atoms with Crippen molar-refractivity contribution in [2.24, 2.45) is 0 Å². The molecular formula is C18H10F3NO4S. The number of thioether (sulfide) groups is 1. The Bertz CT molecular complexity index is 967. The lowest BCUT2D eigenvalue weighted by atomic mass is 10.1. The molecule has 0 bridgehead atoms. The summed E-state index contributed by atoms with van der Waals surface area (Å²) in [5, 5.41) is 8.03. The molecule has 0 atom stereocenters. The largest absolute Gasteiger partial charge is 0.478 e. The standard InChI is InChI=1S/C18H10F3NO4S/c19-18(20,21)12-3-1-2-4-13(12)22-15(23)14(27-17(22)26)9-10-5-7-11(8-6-10)16(24)25/h1-9H,(H,24,25)/b14-9+. The molecule has 1 aliphatic heterocycles. The summed E-state index contributed by atoms with van der Waals surface area (Å²) in [6.07, 6.45) is -3.40. The van der Waals surface area contributed by atoms with Crippen molar-refractivity contribution in [3.05, 3.63) is 70.1 Å². The maximum absolute atomic E-state index is 13.2. The number of hydrogen-bond donors (Lipinski definition) is 1. The number of carboxylic acids is 1. The molecule has 0 unspecified atom stereocenters. The zero-order valence-corrected chi connectivity index (χ0v) is 14.2. The summed E-state index contributed by atoms with van der Waals surface area (Å²) in [6.45, 7) is 0. The SMILES string of the molecule is O=C(O)c1ccc(/C=C2/SC(=O)N(c3ccccc3C(F)(F)F)C2=O)cc1. The number of anilines is 1. The number of aromatic carboxylic acids is 1. The van der Waals surface area contributed by atoms with Crippen molar-refractivity contribution < 1.29 is 32.7 Å². The molecule has 1 N–H and O–H groups in total. The lowest BCUT2D eigenvalue weighted by Crippen LogP contribution is -2.30. The third-order valence-electron chi connectivity index (χ3n) is 3.70. The van der Waals surface area contributed by atoms with E-state index < -0.39 is 34.5 Å². The highest BCUT2D eigenvalue weighted by atomic mass is 32.2. The monoisotopic (exact) mass is 393 g/mol. The van der Waals surface area contributed by atoms with Gasteiger partial charge >= 0.3 is 12.1 Å². The van der Waals surface area contributed by atoms with Crippen LogP contribution in [-0.2, 0) is 11.0 Å². The summed E-state index contributed by atoms with van der Waals surface area (Å²) >= 11 is 0.516. The van der Waals surface area contributed by atoms with Crippen molar-refractivity contribution in [1.29, 1.82) is 0 Å². The Morgan fingerprint density at radius 3 is 2.26 bits per heavy atom. The van der Waals surface area contributed by atoms with Gasteiger partial charge in [0.05, 0.1) is 21.7 Å². The van der Waals surface area contributed by atoms with E-state index in [1.165, 1.54) is 42.5 Å². The fourth-order valence-electron chi connectivity index (χ4n) is 2.46. The van der Waals surface area contributed by atoms with Gasteiger partial charge < -0.3 is 5.11 Å². The zero-order chi connectivity index (χ0) is 19.8. The highest BCUT2D eigenvalue weighted by molar-refractivity contribution is 8.19. The van der Waals surface area contributed by atoms with Crippen molar-refractivity contribution in [2.45, 2.75) is 6.18 Å². The molecule has 0 saturated carbocycles. The van der Waals surface area contributed by atoms with Gasteiger partial charge in [0.15, 0.2) is 0 Å². The number of carbonyl (C=O) groups is 3. The van der Waals surface area contributed by atoms with Gasteiger partial charge in [-0.2, -0.15) is 13.2 Å². The molecule has 1 saturated heterocycles. The molecule has 1 fully saturated rings. The number of imide groups is 1. The Kier molecular flexibility index (Phi) is 4.79. The Hall–Kier alpha value is -3.07. The third-order valence-corrected chi connectivity index (χ3v) is 4.57. The fraction of sp³-hybridized carbons (Fsp3) is 0.0556. The molecule has 2 aromatic rings. The van der Waals surface area contributed by atoms with Gasteiger partial charge in [0.2, 0.25) is 0 Å². The van der Waals surface area contributed by atoms with Crippen molar-refractivity contribution in [1.82, 2.24) is 0 Å². The first-order valence-electron chi connectivity index (χ1n) is 7.46. The molecule has 0 aliphatic carbocycles. The topological polar surface area (TPSA) is 74.7 Å². The van der Waals surface area contributed by atoms with Gasteiger partial charge in [-0.25, -0.2) is 9.69 Å². The first-order valence-corrected chi connectivity index (χ1v) is 8.27. The van der Waals surface area contributed by atoms with Crippen LogP contribution in [0.2, 0.25) is 0 Å². The van der Waals surface area contributed by atoms with Gasteiger partial charge in [0.25, 0.3) is 11.1 Å². The van der Waals surface area contributed by atoms with E-state index in [1.54, 1.807) is 0 Å². The predicted octanol–water partition coefficient (Wildman–Crippen LogP) is 4.64. The van der Waals surface area contributed by atoms with Crippen LogP contribution in [0.1, 0.15) is 21.5 Å². The van der Waals surface area contributed by atoms with Crippen molar-refractivity contribution >= 4 is 40.6 Å². The number of hydrogen-bond acceptors (Lipinski definition) is 4. The lowest BCUT2D eigenvalue weighted by molar-refractivity contribution is -0.137. The fourth-order valence-corrected chi connectivity index (χ4v) is 3.29. The van der Waals surface area contributed by atoms with E-state index >= 15 is 0 Å². The number of amides is 2. The molecule has 138 valence electrons. The summed E-state index contributed by atoms with van der Waals surface area (Å²) in [5.41, 5.74) is -1.13. The molecule has 3 rings (SSSR count). The molecule has 1 heterocycles. The van der Waals surface area contributed by atoms with Crippen molar-refractivity contribution in [3.8, 4) is 0 Å². The number of para-hydroxylation sites is 1. The van der Waals surface area contributed by atoms with Crippen LogP contribution in [-0.4, -0.2) is 22.2 Å². The molecule has 1 aliphatic rings. The molecule has 2 amide bonds. The summed E-state index contributed by atoms with van der Waals surface area (Å²) in [7, 11) is 0. The molecule has 2 aromatic carbocycles. The van der Waals surface area contributed by atoms with Crippen molar-refractivity contribution in [2.75, 3.05) is 4.90 Å². The summed E-state index contributed by atoms with van der Waals surface area (Å²) in [5.74, 6) is -1.99. The molecule has 27 heavy (non-hydrogen) atoms.